The van der Waals surface area contributed by atoms with E-state index in [1.165, 1.54) is 19.3 Å². The van der Waals surface area contributed by atoms with Gasteiger partial charge < -0.3 is 19.1 Å². The first-order valence-corrected chi connectivity index (χ1v) is 13.6. The lowest BCUT2D eigenvalue weighted by molar-refractivity contribution is 0.0855. The molecule has 0 radical (unpaired) electrons. The number of amides is 1. The number of aliphatic hydroxyl groups is 1. The van der Waals surface area contributed by atoms with Crippen LogP contribution in [0.4, 0.5) is 11.6 Å². The number of benzene rings is 2. The third-order valence-electron chi connectivity index (χ3n) is 7.67. The summed E-state index contributed by atoms with van der Waals surface area (Å²) in [6.07, 6.45) is 9.79. The highest BCUT2D eigenvalue weighted by Gasteiger charge is 2.26. The van der Waals surface area contributed by atoms with E-state index in [-0.39, 0.29) is 11.8 Å². The van der Waals surface area contributed by atoms with Crippen molar-refractivity contribution in [1.82, 2.24) is 19.1 Å². The van der Waals surface area contributed by atoms with Gasteiger partial charge in [-0.15, -0.1) is 0 Å². The number of nitrogens with one attached hydrogen (secondary N) is 1. The molecule has 39 heavy (non-hydrogen) atoms. The molecule has 202 valence electrons. The standard InChI is InChI=1S/C30H35N7O2/c1-21-19-36(20-32-21)15-6-16-37-27-14-13-25(35(2)29(39)24-7-4-3-5-8-24)17-26(27)33-30(37)34-28(38)23-11-9-22(18-31)10-12-23/h9-14,17,19-20,24,29,39H,3-8,15-16H2,1-2H3,(H,33,34,38). The lowest BCUT2D eigenvalue weighted by Crippen LogP contribution is -2.38. The van der Waals surface area contributed by atoms with E-state index in [2.05, 4.69) is 20.9 Å². The maximum absolute atomic E-state index is 13.1. The van der Waals surface area contributed by atoms with Crippen molar-refractivity contribution < 1.29 is 9.90 Å². The summed E-state index contributed by atoms with van der Waals surface area (Å²) in [6.45, 7) is 3.41. The number of carbonyl (C=O) groups excluding carboxylic acids is 1. The molecule has 4 aromatic rings. The number of anilines is 2. The lowest BCUT2D eigenvalue weighted by atomic mass is 9.87. The summed E-state index contributed by atoms with van der Waals surface area (Å²) in [6, 6.07) is 14.6. The summed E-state index contributed by atoms with van der Waals surface area (Å²) in [5.41, 5.74) is 4.49. The number of aryl methyl sites for hydroxylation is 3. The minimum Gasteiger partial charge on any atom is -0.373 e. The number of nitriles is 1. The minimum atomic E-state index is -0.543. The number of imidazole rings is 2. The average Bonchev–Trinajstić information content (AvgIpc) is 3.54. The second kappa shape index (κ2) is 11.7. The fourth-order valence-corrected chi connectivity index (χ4v) is 5.44. The van der Waals surface area contributed by atoms with Crippen molar-refractivity contribution >= 4 is 28.6 Å². The van der Waals surface area contributed by atoms with Crippen molar-refractivity contribution in [3.05, 3.63) is 71.8 Å². The summed E-state index contributed by atoms with van der Waals surface area (Å²) < 4.78 is 4.09. The number of fused-ring (bicyclic) bond motifs is 1. The molecule has 1 aliphatic carbocycles. The van der Waals surface area contributed by atoms with E-state index in [9.17, 15) is 9.90 Å². The summed E-state index contributed by atoms with van der Waals surface area (Å²) in [4.78, 5) is 24.1. The second-order valence-electron chi connectivity index (χ2n) is 10.4. The molecule has 1 amide bonds. The molecule has 5 rings (SSSR count). The molecule has 0 bridgehead atoms. The normalized spacial score (nSPS) is 14.7. The van der Waals surface area contributed by atoms with Crippen LogP contribution in [0, 0.1) is 24.2 Å². The Morgan fingerprint density at radius 1 is 1.18 bits per heavy atom. The average molecular weight is 526 g/mol. The summed E-state index contributed by atoms with van der Waals surface area (Å²) >= 11 is 0. The first kappa shape index (κ1) is 26.4. The highest BCUT2D eigenvalue weighted by Crippen LogP contribution is 2.31. The Bertz CT molecular complexity index is 1480. The molecule has 0 spiro atoms. The zero-order valence-corrected chi connectivity index (χ0v) is 22.5. The molecule has 1 fully saturated rings. The van der Waals surface area contributed by atoms with Gasteiger partial charge in [-0.2, -0.15) is 5.26 Å². The van der Waals surface area contributed by atoms with Crippen LogP contribution in [0.25, 0.3) is 11.0 Å². The predicted octanol–water partition coefficient (Wildman–Crippen LogP) is 5.09. The van der Waals surface area contributed by atoms with Crippen LogP contribution in [0.3, 0.4) is 0 Å². The second-order valence-corrected chi connectivity index (χ2v) is 10.4. The number of aromatic nitrogens is 4. The van der Waals surface area contributed by atoms with Crippen molar-refractivity contribution in [2.24, 2.45) is 5.92 Å². The van der Waals surface area contributed by atoms with Gasteiger partial charge in [-0.1, -0.05) is 19.3 Å². The number of nitrogens with zero attached hydrogens (tertiary/aromatic N) is 6. The predicted molar refractivity (Wildman–Crippen MR) is 151 cm³/mol. The molecule has 2 N–H and O–H groups in total. The number of hydrogen-bond acceptors (Lipinski definition) is 6. The molecule has 1 aliphatic rings. The molecular weight excluding hydrogens is 490 g/mol. The van der Waals surface area contributed by atoms with Crippen molar-refractivity contribution in [1.29, 1.82) is 5.26 Å². The number of rotatable bonds is 9. The van der Waals surface area contributed by atoms with E-state index >= 15 is 0 Å². The van der Waals surface area contributed by atoms with Crippen LogP contribution in [0.5, 0.6) is 0 Å². The van der Waals surface area contributed by atoms with Gasteiger partial charge in [-0.05, 0) is 68.7 Å². The molecule has 9 heteroatoms. The van der Waals surface area contributed by atoms with Gasteiger partial charge in [0.25, 0.3) is 5.91 Å². The minimum absolute atomic E-state index is 0.270. The third kappa shape index (κ3) is 5.96. The van der Waals surface area contributed by atoms with Gasteiger partial charge >= 0.3 is 0 Å². The van der Waals surface area contributed by atoms with E-state index in [1.807, 2.05) is 54.2 Å². The Balaban J connectivity index is 1.41. The molecule has 2 aromatic carbocycles. The van der Waals surface area contributed by atoms with Gasteiger partial charge in [0.2, 0.25) is 5.95 Å². The van der Waals surface area contributed by atoms with Gasteiger partial charge in [0.1, 0.15) is 6.23 Å². The third-order valence-corrected chi connectivity index (χ3v) is 7.67. The first-order valence-electron chi connectivity index (χ1n) is 13.6. The number of hydrogen-bond donors (Lipinski definition) is 2. The van der Waals surface area contributed by atoms with Gasteiger partial charge in [0.15, 0.2) is 0 Å². The van der Waals surface area contributed by atoms with Crippen molar-refractivity contribution in [3.8, 4) is 6.07 Å². The quantitative estimate of drug-likeness (QED) is 0.294. The Morgan fingerprint density at radius 3 is 2.64 bits per heavy atom. The zero-order chi connectivity index (χ0) is 27.4. The molecule has 2 heterocycles. The van der Waals surface area contributed by atoms with Crippen molar-refractivity contribution in [3.63, 3.8) is 0 Å². The maximum atomic E-state index is 13.1. The van der Waals surface area contributed by atoms with Gasteiger partial charge in [-0.3, -0.25) is 10.1 Å². The zero-order valence-electron chi connectivity index (χ0n) is 22.5. The highest BCUT2D eigenvalue weighted by molar-refractivity contribution is 6.04. The van der Waals surface area contributed by atoms with Crippen molar-refractivity contribution in [2.75, 3.05) is 17.3 Å². The van der Waals surface area contributed by atoms with E-state index in [0.29, 0.717) is 23.6 Å². The van der Waals surface area contributed by atoms with E-state index in [1.54, 1.807) is 24.3 Å². The van der Waals surface area contributed by atoms with Gasteiger partial charge in [0, 0.05) is 43.5 Å². The molecule has 0 saturated heterocycles. The van der Waals surface area contributed by atoms with E-state index < -0.39 is 6.23 Å². The van der Waals surface area contributed by atoms with Crippen LogP contribution < -0.4 is 10.2 Å². The first-order chi connectivity index (χ1) is 18.9. The molecule has 1 unspecified atom stereocenters. The lowest BCUT2D eigenvalue weighted by Gasteiger charge is -2.34. The Hall–Kier alpha value is -4.16. The molecule has 1 saturated carbocycles. The SMILES string of the molecule is Cc1cn(CCCn2c(NC(=O)c3ccc(C#N)cc3)nc3cc(N(C)C(O)C4CCCCC4)ccc32)cn1. The Morgan fingerprint density at radius 2 is 1.95 bits per heavy atom. The Labute approximate surface area is 228 Å². The maximum Gasteiger partial charge on any atom is 0.257 e. The highest BCUT2D eigenvalue weighted by atomic mass is 16.3. The van der Waals surface area contributed by atoms with E-state index in [0.717, 1.165) is 48.2 Å². The van der Waals surface area contributed by atoms with Crippen LogP contribution in [0.1, 0.15) is 60.1 Å². The summed E-state index contributed by atoms with van der Waals surface area (Å²) in [5.74, 6) is 0.450. The largest absolute Gasteiger partial charge is 0.373 e. The van der Waals surface area contributed by atoms with Crippen LogP contribution >= 0.6 is 0 Å². The summed E-state index contributed by atoms with van der Waals surface area (Å²) in [5, 5.41) is 23.1. The monoisotopic (exact) mass is 525 g/mol. The van der Waals surface area contributed by atoms with Crippen LogP contribution in [-0.2, 0) is 13.1 Å². The van der Waals surface area contributed by atoms with Gasteiger partial charge in [-0.25, -0.2) is 9.97 Å². The Kier molecular flexibility index (Phi) is 7.94. The van der Waals surface area contributed by atoms with Crippen LogP contribution in [0.15, 0.2) is 55.0 Å². The van der Waals surface area contributed by atoms with Gasteiger partial charge in [0.05, 0.1) is 34.7 Å². The molecule has 0 aliphatic heterocycles. The summed E-state index contributed by atoms with van der Waals surface area (Å²) in [7, 11) is 1.93. The molecule has 1 atom stereocenters. The van der Waals surface area contributed by atoms with Crippen LogP contribution in [-0.4, -0.2) is 43.4 Å². The fourth-order valence-electron chi connectivity index (χ4n) is 5.44. The van der Waals surface area contributed by atoms with Crippen molar-refractivity contribution in [2.45, 2.75) is 64.8 Å². The number of aliphatic hydroxyl groups excluding tert-OH is 1. The molecule has 2 aromatic heterocycles. The van der Waals surface area contributed by atoms with E-state index in [4.69, 9.17) is 10.2 Å². The molecule has 9 nitrogen and oxygen atoms in total. The molecular formula is C30H35N7O2. The van der Waals surface area contributed by atoms with Crippen LogP contribution in [0.2, 0.25) is 0 Å². The fraction of sp³-hybridized carbons (Fsp3) is 0.400. The number of carbonyl (C=O) groups is 1. The topological polar surface area (TPSA) is 112 Å². The smallest absolute Gasteiger partial charge is 0.257 e.